The lowest BCUT2D eigenvalue weighted by Crippen LogP contribution is -2.16. The number of nitrogens with zero attached hydrogens (tertiary/aromatic N) is 4. The van der Waals surface area contributed by atoms with E-state index in [1.165, 1.54) is 120 Å². The topological polar surface area (TPSA) is 42.6 Å². The number of fused-ring (bicyclic) bond motifs is 21. The van der Waals surface area contributed by atoms with Gasteiger partial charge in [0.05, 0.1) is 50.2 Å². The smallest absolute Gasteiger partial charge is 0.145 e. The number of anilines is 6. The Hall–Kier alpha value is -15.0. The molecule has 0 spiro atoms. The van der Waals surface area contributed by atoms with Crippen LogP contribution in [0.1, 0.15) is 49.9 Å². The zero-order chi connectivity index (χ0) is 80.1. The summed E-state index contributed by atoms with van der Waals surface area (Å²) in [4.78, 5) is 5.06. The zero-order valence-corrected chi connectivity index (χ0v) is 67.8. The predicted octanol–water partition coefficient (Wildman–Crippen LogP) is 32.3. The molecule has 0 atom stereocenters. The summed E-state index contributed by atoms with van der Waals surface area (Å²) in [6.45, 7) is 9.49. The van der Waals surface area contributed by atoms with Gasteiger partial charge in [-0.25, -0.2) is 0 Å². The van der Waals surface area contributed by atoms with Crippen molar-refractivity contribution in [3.63, 3.8) is 0 Å². The van der Waals surface area contributed by atoms with E-state index in [-0.39, 0.29) is 10.8 Å². The number of thiophene rings is 1. The first kappa shape index (κ1) is 69.1. The number of rotatable bonds is 12. The second-order valence-electron chi connectivity index (χ2n) is 33.7. The van der Waals surface area contributed by atoms with Crippen LogP contribution in [0.3, 0.4) is 0 Å². The van der Waals surface area contributed by atoms with E-state index in [4.69, 9.17) is 8.83 Å². The van der Waals surface area contributed by atoms with Gasteiger partial charge in [0.15, 0.2) is 0 Å². The standard InChI is InChI=1S/C114H76N4O2S/c1-113(2)91-38-17-11-34-83(91)107-93(113)40-24-44-99(107)117(77-31-23-28-71(64-77)69-26-7-5-8-27-69)102-61-57-80(112-110(102)86-37-16-22-47-106(86)121-112)74-51-59-98-88(67-74)82-33-14-20-43-96(82)116(98)76-53-48-70(49-54-76)72-52-62-104-89(65-72)90-68-78(55-63-105(90)119-104)118(100-45-25-41-94-108(100)84-35-12-18-39-92(84)114(94,3)4)101-60-56-79(111-109(101)85-36-15-21-46-103(85)120-111)73-50-58-97-87(66-73)81-32-13-19-42-95(81)115(97)75-29-9-6-10-30-75/h5-68H,1-4H3. The highest BCUT2D eigenvalue weighted by molar-refractivity contribution is 7.26. The van der Waals surface area contributed by atoms with Crippen molar-refractivity contribution in [2.75, 3.05) is 9.80 Å². The molecule has 0 radical (unpaired) electrons. The quantitative estimate of drug-likeness (QED) is 0.122. The molecule has 2 aliphatic rings. The summed E-state index contributed by atoms with van der Waals surface area (Å²) in [6, 6.07) is 144. The molecule has 0 amide bonds. The minimum Gasteiger partial charge on any atom is -0.456 e. The summed E-state index contributed by atoms with van der Waals surface area (Å²) in [6.07, 6.45) is 0. The molecule has 6 nitrogen and oxygen atoms in total. The Balaban J connectivity index is 0.602. The van der Waals surface area contributed by atoms with E-state index in [2.05, 4.69) is 435 Å². The number of furan rings is 2. The number of aromatic nitrogens is 2. The summed E-state index contributed by atoms with van der Waals surface area (Å²) >= 11 is 1.89. The first-order valence-electron chi connectivity index (χ1n) is 41.8. The summed E-state index contributed by atoms with van der Waals surface area (Å²) in [5.74, 6) is 0. The maximum Gasteiger partial charge on any atom is 0.145 e. The molecule has 18 aromatic carbocycles. The van der Waals surface area contributed by atoms with Crippen LogP contribution in [0.15, 0.2) is 397 Å². The Morgan fingerprint density at radius 3 is 1.36 bits per heavy atom. The van der Waals surface area contributed by atoms with E-state index < -0.39 is 0 Å². The van der Waals surface area contributed by atoms with Crippen molar-refractivity contribution in [2.24, 2.45) is 0 Å². The van der Waals surface area contributed by atoms with Gasteiger partial charge >= 0.3 is 0 Å². The third kappa shape index (κ3) is 10.3. The van der Waals surface area contributed by atoms with Gasteiger partial charge in [-0.3, -0.25) is 0 Å². The molecule has 0 N–H and O–H groups in total. The molecule has 0 saturated carbocycles. The van der Waals surface area contributed by atoms with Crippen molar-refractivity contribution in [3.05, 3.63) is 411 Å². The van der Waals surface area contributed by atoms with Crippen molar-refractivity contribution in [3.8, 4) is 78.1 Å². The van der Waals surface area contributed by atoms with Gasteiger partial charge < -0.3 is 27.8 Å². The molecule has 570 valence electrons. The second kappa shape index (κ2) is 26.2. The van der Waals surface area contributed by atoms with Crippen molar-refractivity contribution in [1.82, 2.24) is 9.13 Å². The molecule has 25 rings (SSSR count). The molecule has 0 saturated heterocycles. The van der Waals surface area contributed by atoms with Crippen molar-refractivity contribution in [1.29, 1.82) is 0 Å². The fourth-order valence-electron chi connectivity index (χ4n) is 20.9. The molecule has 0 aliphatic heterocycles. The molecule has 0 unspecified atom stereocenters. The van der Waals surface area contributed by atoms with Gasteiger partial charge in [0.25, 0.3) is 0 Å². The summed E-state index contributed by atoms with van der Waals surface area (Å²) in [5.41, 5.74) is 35.7. The Morgan fingerprint density at radius 2 is 0.702 bits per heavy atom. The van der Waals surface area contributed by atoms with E-state index in [1.807, 2.05) is 11.3 Å². The van der Waals surface area contributed by atoms with E-state index in [9.17, 15) is 0 Å². The average molecular weight is 1570 g/mol. The van der Waals surface area contributed by atoms with E-state index >= 15 is 0 Å². The minimum atomic E-state index is -0.242. The Kier molecular flexibility index (Phi) is 15.0. The Morgan fingerprint density at radius 1 is 0.256 bits per heavy atom. The lowest BCUT2D eigenvalue weighted by molar-refractivity contribution is 0.660. The van der Waals surface area contributed by atoms with Gasteiger partial charge in [0, 0.05) is 108 Å². The van der Waals surface area contributed by atoms with Crippen molar-refractivity contribution >= 4 is 153 Å². The average Bonchev–Trinajstić information content (AvgIpc) is 1.56. The van der Waals surface area contributed by atoms with Gasteiger partial charge in [-0.15, -0.1) is 11.3 Å². The number of hydrogen-bond acceptors (Lipinski definition) is 5. The molecule has 2 aliphatic carbocycles. The van der Waals surface area contributed by atoms with Crippen LogP contribution < -0.4 is 9.80 Å². The van der Waals surface area contributed by atoms with Gasteiger partial charge in [-0.05, 0) is 218 Å². The van der Waals surface area contributed by atoms with Crippen LogP contribution in [0.5, 0.6) is 0 Å². The van der Waals surface area contributed by atoms with Crippen LogP contribution in [0.4, 0.5) is 34.1 Å². The summed E-state index contributed by atoms with van der Waals surface area (Å²) in [5, 5.41) is 11.4. The van der Waals surface area contributed by atoms with Crippen molar-refractivity contribution < 1.29 is 8.83 Å². The maximum atomic E-state index is 7.24. The number of para-hydroxylation sites is 4. The molecule has 121 heavy (non-hydrogen) atoms. The first-order valence-corrected chi connectivity index (χ1v) is 42.7. The lowest BCUT2D eigenvalue weighted by atomic mass is 9.82. The van der Waals surface area contributed by atoms with E-state index in [1.54, 1.807) is 0 Å². The Labute approximate surface area is 703 Å². The minimum absolute atomic E-state index is 0.180. The number of hydrogen-bond donors (Lipinski definition) is 0. The lowest BCUT2D eigenvalue weighted by Gasteiger charge is -2.30. The maximum absolute atomic E-state index is 7.24. The fourth-order valence-corrected chi connectivity index (χ4v) is 22.1. The van der Waals surface area contributed by atoms with Crippen LogP contribution in [0.25, 0.3) is 186 Å². The Bertz CT molecular complexity index is 8290. The van der Waals surface area contributed by atoms with E-state index in [0.29, 0.717) is 0 Å². The zero-order valence-electron chi connectivity index (χ0n) is 67.0. The van der Waals surface area contributed by atoms with Gasteiger partial charge in [0.1, 0.15) is 22.3 Å². The third-order valence-electron chi connectivity index (χ3n) is 26.5. The monoisotopic (exact) mass is 1560 g/mol. The van der Waals surface area contributed by atoms with Crippen LogP contribution in [0, 0.1) is 0 Å². The molecule has 7 heteroatoms. The molecule has 0 fully saturated rings. The second-order valence-corrected chi connectivity index (χ2v) is 34.8. The SMILES string of the molecule is CC1(C)c2ccccc2-c2c(N(c3ccc4oc5ccc(-c6ccc(-n7c8ccccc8c8cc(-c9ccc(N(c%10cccc(-c%11ccccc%11)c%10)c%10cccc%11c%10-c%10ccccc%10C%11(C)C)c%10c9sc9ccccc9%10)ccc87)cc6)cc5c4c3)c3ccc(-c4ccc5c(c4)c4ccccc4n5-c4ccccc4)c4oc5ccccc5c34)cccc21. The molecule has 0 bridgehead atoms. The summed E-state index contributed by atoms with van der Waals surface area (Å²) < 4.78 is 21.4. The van der Waals surface area contributed by atoms with Gasteiger partial charge in [-0.1, -0.05) is 270 Å². The van der Waals surface area contributed by atoms with Crippen LogP contribution in [-0.2, 0) is 10.8 Å². The van der Waals surface area contributed by atoms with Crippen LogP contribution in [0.2, 0.25) is 0 Å². The van der Waals surface area contributed by atoms with Gasteiger partial charge in [-0.2, -0.15) is 0 Å². The largest absolute Gasteiger partial charge is 0.456 e. The van der Waals surface area contributed by atoms with E-state index in [0.717, 1.165) is 122 Å². The molecular formula is C114H76N4O2S. The predicted molar refractivity (Wildman–Crippen MR) is 509 cm³/mol. The van der Waals surface area contributed by atoms with Gasteiger partial charge in [0.2, 0.25) is 0 Å². The molecule has 5 heterocycles. The normalized spacial score (nSPS) is 13.3. The highest BCUT2D eigenvalue weighted by atomic mass is 32.1. The molecule has 23 aromatic rings. The molecule has 5 aromatic heterocycles. The first-order chi connectivity index (χ1) is 59.5. The number of benzene rings is 18. The highest BCUT2D eigenvalue weighted by Gasteiger charge is 2.41. The fraction of sp³-hybridized carbons (Fsp3) is 0.0526. The van der Waals surface area contributed by atoms with Crippen molar-refractivity contribution in [2.45, 2.75) is 38.5 Å². The van der Waals surface area contributed by atoms with Crippen LogP contribution >= 0.6 is 11.3 Å². The third-order valence-corrected chi connectivity index (χ3v) is 27.7. The highest BCUT2D eigenvalue weighted by Crippen LogP contribution is 2.60. The summed E-state index contributed by atoms with van der Waals surface area (Å²) in [7, 11) is 0. The van der Waals surface area contributed by atoms with Crippen LogP contribution in [-0.4, -0.2) is 9.13 Å². The molecular weight excluding hydrogens is 1490 g/mol.